The highest BCUT2D eigenvalue weighted by Crippen LogP contribution is 1.94. The van der Waals surface area contributed by atoms with E-state index in [-0.39, 0.29) is 24.9 Å². The number of nitrogens with one attached hydrogen (secondary N) is 2. The maximum Gasteiger partial charge on any atom is 0.239 e. The van der Waals surface area contributed by atoms with E-state index in [1.807, 2.05) is 0 Å². The Balaban J connectivity index is 3.59. The Morgan fingerprint density at radius 3 is 2.64 bits per heavy atom. The highest BCUT2D eigenvalue weighted by Gasteiger charge is 2.07. The van der Waals surface area contributed by atoms with Crippen LogP contribution < -0.4 is 16.4 Å². The minimum Gasteiger partial charge on any atom is -0.370 e. The smallest absolute Gasteiger partial charge is 0.239 e. The molecule has 0 radical (unpaired) electrons. The Bertz CT molecular complexity index is 218. The van der Waals surface area contributed by atoms with Gasteiger partial charge in [-0.25, -0.2) is 0 Å². The molecule has 0 aliphatic heterocycles. The van der Waals surface area contributed by atoms with Gasteiger partial charge in [0.2, 0.25) is 18.2 Å². The van der Waals surface area contributed by atoms with Gasteiger partial charge in [0.25, 0.3) is 0 Å². The second kappa shape index (κ2) is 6.88. The van der Waals surface area contributed by atoms with Gasteiger partial charge >= 0.3 is 0 Å². The Morgan fingerprint density at radius 1 is 1.50 bits per heavy atom. The van der Waals surface area contributed by atoms with Crippen molar-refractivity contribution in [3.8, 4) is 0 Å². The highest BCUT2D eigenvalue weighted by molar-refractivity contribution is 5.80. The van der Waals surface area contributed by atoms with Crippen LogP contribution in [0.2, 0.25) is 0 Å². The molecule has 0 rings (SSSR count). The van der Waals surface area contributed by atoms with Crippen molar-refractivity contribution in [1.29, 1.82) is 0 Å². The summed E-state index contributed by atoms with van der Waals surface area (Å²) in [5.74, 6) is -0.675. The second-order valence-corrected chi connectivity index (χ2v) is 2.97. The molecule has 6 nitrogen and oxygen atoms in total. The first-order valence-corrected chi connectivity index (χ1v) is 4.31. The predicted molar refractivity (Wildman–Crippen MR) is 50.1 cm³/mol. The van der Waals surface area contributed by atoms with Crippen LogP contribution >= 0.6 is 0 Å². The zero-order valence-electron chi connectivity index (χ0n) is 8.08. The van der Waals surface area contributed by atoms with Gasteiger partial charge in [-0.15, -0.1) is 0 Å². The van der Waals surface area contributed by atoms with Crippen LogP contribution in [0.15, 0.2) is 0 Å². The molecule has 0 aromatic heterocycles. The van der Waals surface area contributed by atoms with E-state index in [2.05, 4.69) is 10.6 Å². The zero-order valence-corrected chi connectivity index (χ0v) is 8.08. The summed E-state index contributed by atoms with van der Waals surface area (Å²) in [4.78, 5) is 31.3. The quantitative estimate of drug-likeness (QED) is 0.437. The van der Waals surface area contributed by atoms with Gasteiger partial charge in [-0.3, -0.25) is 14.4 Å². The van der Waals surface area contributed by atoms with Crippen molar-refractivity contribution >= 4 is 18.2 Å². The van der Waals surface area contributed by atoms with Crippen LogP contribution in [0.5, 0.6) is 0 Å². The van der Waals surface area contributed by atoms with E-state index in [1.54, 1.807) is 6.92 Å². The summed E-state index contributed by atoms with van der Waals surface area (Å²) in [5.41, 5.74) is 4.94. The lowest BCUT2D eigenvalue weighted by Crippen LogP contribution is -2.39. The van der Waals surface area contributed by atoms with Gasteiger partial charge in [-0.05, 0) is 13.3 Å². The fourth-order valence-electron chi connectivity index (χ4n) is 0.891. The van der Waals surface area contributed by atoms with Gasteiger partial charge in [0, 0.05) is 12.5 Å². The van der Waals surface area contributed by atoms with Crippen LogP contribution in [-0.4, -0.2) is 30.8 Å². The van der Waals surface area contributed by atoms with Gasteiger partial charge in [-0.2, -0.15) is 0 Å². The van der Waals surface area contributed by atoms with Gasteiger partial charge in [0.1, 0.15) is 0 Å². The standard InChI is InChI=1S/C8H15N3O3/c1-6(2-3-7(9)13)11-8(14)4-10-5-12/h5-6H,2-4H2,1H3,(H2,9,13)(H,10,12)(H,11,14). The van der Waals surface area contributed by atoms with Crippen LogP contribution in [-0.2, 0) is 14.4 Å². The molecule has 0 aromatic carbocycles. The van der Waals surface area contributed by atoms with Crippen LogP contribution in [0.3, 0.4) is 0 Å². The van der Waals surface area contributed by atoms with Crippen molar-refractivity contribution in [1.82, 2.24) is 10.6 Å². The largest absolute Gasteiger partial charge is 0.370 e. The van der Waals surface area contributed by atoms with E-state index in [0.29, 0.717) is 12.8 Å². The van der Waals surface area contributed by atoms with Gasteiger partial charge in [-0.1, -0.05) is 0 Å². The lowest BCUT2D eigenvalue weighted by molar-refractivity contribution is -0.123. The number of primary amides is 1. The molecule has 0 spiro atoms. The molecular formula is C8H15N3O3. The maximum absolute atomic E-state index is 11.0. The van der Waals surface area contributed by atoms with Gasteiger partial charge in [0.05, 0.1) is 6.54 Å². The molecule has 0 aromatic rings. The number of amides is 3. The van der Waals surface area contributed by atoms with E-state index < -0.39 is 5.91 Å². The summed E-state index contributed by atoms with van der Waals surface area (Å²) in [6.07, 6.45) is 1.19. The third-order valence-electron chi connectivity index (χ3n) is 1.58. The summed E-state index contributed by atoms with van der Waals surface area (Å²) in [6.45, 7) is 1.71. The van der Waals surface area contributed by atoms with E-state index in [0.717, 1.165) is 0 Å². The number of carbonyl (C=O) groups excluding carboxylic acids is 3. The molecule has 0 fully saturated rings. The SMILES string of the molecule is CC(CCC(N)=O)NC(=O)CNC=O. The second-order valence-electron chi connectivity index (χ2n) is 2.97. The minimum atomic E-state index is -0.392. The molecule has 0 saturated heterocycles. The van der Waals surface area contributed by atoms with E-state index in [1.165, 1.54) is 0 Å². The molecule has 80 valence electrons. The fourth-order valence-corrected chi connectivity index (χ4v) is 0.891. The average Bonchev–Trinajstić information content (AvgIpc) is 2.11. The van der Waals surface area contributed by atoms with Crippen LogP contribution in [0.4, 0.5) is 0 Å². The molecular weight excluding hydrogens is 186 g/mol. The number of nitrogens with two attached hydrogens (primary N) is 1. The van der Waals surface area contributed by atoms with Crippen molar-refractivity contribution in [2.24, 2.45) is 5.73 Å². The summed E-state index contributed by atoms with van der Waals surface area (Å²) in [6, 6.07) is -0.122. The number of hydrogen-bond donors (Lipinski definition) is 3. The first kappa shape index (κ1) is 12.4. The lowest BCUT2D eigenvalue weighted by Gasteiger charge is -2.12. The first-order chi connectivity index (χ1) is 6.56. The van der Waals surface area contributed by atoms with Crippen LogP contribution in [0, 0.1) is 0 Å². The molecule has 3 amide bonds. The van der Waals surface area contributed by atoms with Crippen LogP contribution in [0.25, 0.3) is 0 Å². The Kier molecular flexibility index (Phi) is 6.09. The zero-order chi connectivity index (χ0) is 11.0. The lowest BCUT2D eigenvalue weighted by atomic mass is 10.2. The first-order valence-electron chi connectivity index (χ1n) is 4.31. The van der Waals surface area contributed by atoms with Crippen molar-refractivity contribution in [2.45, 2.75) is 25.8 Å². The molecule has 0 bridgehead atoms. The van der Waals surface area contributed by atoms with Gasteiger partial charge < -0.3 is 16.4 Å². The summed E-state index contributed by atoms with van der Waals surface area (Å²) in [5, 5.41) is 4.84. The van der Waals surface area contributed by atoms with Crippen molar-refractivity contribution in [2.75, 3.05) is 6.54 Å². The Labute approximate surface area is 82.2 Å². The molecule has 0 aliphatic rings. The Morgan fingerprint density at radius 2 is 2.14 bits per heavy atom. The third-order valence-corrected chi connectivity index (χ3v) is 1.58. The molecule has 1 atom stereocenters. The molecule has 4 N–H and O–H groups in total. The summed E-state index contributed by atoms with van der Waals surface area (Å²) < 4.78 is 0. The summed E-state index contributed by atoms with van der Waals surface area (Å²) >= 11 is 0. The Hall–Kier alpha value is -1.59. The highest BCUT2D eigenvalue weighted by atomic mass is 16.2. The summed E-state index contributed by atoms with van der Waals surface area (Å²) in [7, 11) is 0. The number of hydrogen-bond acceptors (Lipinski definition) is 3. The van der Waals surface area contributed by atoms with E-state index in [4.69, 9.17) is 5.73 Å². The van der Waals surface area contributed by atoms with Crippen molar-refractivity contribution in [3.05, 3.63) is 0 Å². The average molecular weight is 201 g/mol. The molecule has 6 heteroatoms. The molecule has 0 heterocycles. The van der Waals surface area contributed by atoms with E-state index in [9.17, 15) is 14.4 Å². The monoisotopic (exact) mass is 201 g/mol. The molecule has 0 aliphatic carbocycles. The van der Waals surface area contributed by atoms with Crippen molar-refractivity contribution < 1.29 is 14.4 Å². The topological polar surface area (TPSA) is 101 Å². The normalized spacial score (nSPS) is 11.5. The fraction of sp³-hybridized carbons (Fsp3) is 0.625. The molecule has 1 unspecified atom stereocenters. The molecule has 0 saturated carbocycles. The van der Waals surface area contributed by atoms with Gasteiger partial charge in [0.15, 0.2) is 0 Å². The number of rotatable bonds is 7. The minimum absolute atomic E-state index is 0.0512. The van der Waals surface area contributed by atoms with E-state index >= 15 is 0 Å². The predicted octanol–water partition coefficient (Wildman–Crippen LogP) is -1.50. The van der Waals surface area contributed by atoms with Crippen molar-refractivity contribution in [3.63, 3.8) is 0 Å². The van der Waals surface area contributed by atoms with Crippen LogP contribution in [0.1, 0.15) is 19.8 Å². The maximum atomic E-state index is 11.0. The molecule has 14 heavy (non-hydrogen) atoms. The third kappa shape index (κ3) is 7.08. The number of carbonyl (C=O) groups is 3.